The van der Waals surface area contributed by atoms with Crippen LogP contribution in [0.15, 0.2) is 29.2 Å². The zero-order chi connectivity index (χ0) is 15.9. The highest BCUT2D eigenvalue weighted by Gasteiger charge is 2.15. The Kier molecular flexibility index (Phi) is 6.60. The first kappa shape index (κ1) is 17.4. The summed E-state index contributed by atoms with van der Waals surface area (Å²) in [5, 5.41) is 2.47. The third kappa shape index (κ3) is 5.33. The Balaban J connectivity index is 2.71. The van der Waals surface area contributed by atoms with Crippen LogP contribution in [0.5, 0.6) is 5.75 Å². The van der Waals surface area contributed by atoms with Crippen LogP contribution in [0.4, 0.5) is 0 Å². The average molecular weight is 316 g/mol. The van der Waals surface area contributed by atoms with Crippen molar-refractivity contribution in [2.45, 2.75) is 17.9 Å². The van der Waals surface area contributed by atoms with Gasteiger partial charge in [0, 0.05) is 20.7 Å². The van der Waals surface area contributed by atoms with E-state index < -0.39 is 16.1 Å². The van der Waals surface area contributed by atoms with Crippen LogP contribution in [0.25, 0.3) is 0 Å². The van der Waals surface area contributed by atoms with Crippen molar-refractivity contribution in [2.24, 2.45) is 0 Å². The van der Waals surface area contributed by atoms with Gasteiger partial charge in [0.05, 0.1) is 11.5 Å². The fraction of sp³-hybridized carbons (Fsp3) is 0.462. The third-order valence-electron chi connectivity index (χ3n) is 2.66. The van der Waals surface area contributed by atoms with Crippen molar-refractivity contribution in [1.82, 2.24) is 10.0 Å². The van der Waals surface area contributed by atoms with Crippen LogP contribution < -0.4 is 14.8 Å². The number of likely N-dealkylation sites (N-methyl/N-ethyl adjacent to an activating group) is 1. The molecule has 1 aromatic rings. The minimum Gasteiger partial charge on any atom is -0.481 e. The van der Waals surface area contributed by atoms with Crippen molar-refractivity contribution < 1.29 is 22.7 Å². The lowest BCUT2D eigenvalue weighted by molar-refractivity contribution is -0.126. The van der Waals surface area contributed by atoms with Crippen LogP contribution in [-0.2, 0) is 19.6 Å². The summed E-state index contributed by atoms with van der Waals surface area (Å²) in [6, 6.07) is 5.84. The molecule has 1 aromatic carbocycles. The zero-order valence-electron chi connectivity index (χ0n) is 12.3. The Bertz CT molecular complexity index is 556. The first-order valence-electron chi connectivity index (χ1n) is 6.37. The van der Waals surface area contributed by atoms with Gasteiger partial charge in [0.15, 0.2) is 6.10 Å². The Hall–Kier alpha value is -1.64. The van der Waals surface area contributed by atoms with Gasteiger partial charge in [-0.15, -0.1) is 0 Å². The van der Waals surface area contributed by atoms with Crippen molar-refractivity contribution >= 4 is 15.9 Å². The number of ether oxygens (including phenoxy) is 2. The van der Waals surface area contributed by atoms with Gasteiger partial charge in [-0.1, -0.05) is 0 Å². The van der Waals surface area contributed by atoms with Gasteiger partial charge in [-0.2, -0.15) is 0 Å². The predicted molar refractivity (Wildman–Crippen MR) is 77.7 cm³/mol. The molecular weight excluding hydrogens is 296 g/mol. The Morgan fingerprint density at radius 1 is 1.29 bits per heavy atom. The topological polar surface area (TPSA) is 93.7 Å². The Labute approximate surface area is 124 Å². The smallest absolute Gasteiger partial charge is 0.260 e. The van der Waals surface area contributed by atoms with Gasteiger partial charge in [-0.3, -0.25) is 4.79 Å². The van der Waals surface area contributed by atoms with Crippen LogP contribution in [0.1, 0.15) is 6.92 Å². The van der Waals surface area contributed by atoms with E-state index in [4.69, 9.17) is 9.47 Å². The van der Waals surface area contributed by atoms with Crippen LogP contribution in [-0.4, -0.2) is 47.7 Å². The number of carbonyl (C=O) groups excluding carboxylic acids is 1. The number of sulfonamides is 1. The molecule has 0 radical (unpaired) electrons. The van der Waals surface area contributed by atoms with Gasteiger partial charge in [0.1, 0.15) is 5.75 Å². The van der Waals surface area contributed by atoms with Gasteiger partial charge in [-0.25, -0.2) is 13.1 Å². The second-order valence-corrected chi connectivity index (χ2v) is 6.00. The maximum absolute atomic E-state index is 11.9. The van der Waals surface area contributed by atoms with Gasteiger partial charge >= 0.3 is 0 Å². The fourth-order valence-corrected chi connectivity index (χ4v) is 2.53. The lowest BCUT2D eigenvalue weighted by atomic mass is 10.3. The van der Waals surface area contributed by atoms with Gasteiger partial charge < -0.3 is 14.8 Å². The molecule has 7 nitrogen and oxygen atoms in total. The molecule has 1 amide bonds. The molecule has 0 heterocycles. The second kappa shape index (κ2) is 7.96. The summed E-state index contributed by atoms with van der Waals surface area (Å²) < 4.78 is 36.4. The quantitative estimate of drug-likeness (QED) is 0.665. The van der Waals surface area contributed by atoms with Crippen molar-refractivity contribution in [2.75, 3.05) is 27.3 Å². The minimum atomic E-state index is -3.56. The van der Waals surface area contributed by atoms with E-state index in [1.807, 2.05) is 0 Å². The van der Waals surface area contributed by atoms with Crippen molar-refractivity contribution in [1.29, 1.82) is 0 Å². The van der Waals surface area contributed by atoms with Crippen molar-refractivity contribution in [3.63, 3.8) is 0 Å². The van der Waals surface area contributed by atoms with E-state index in [9.17, 15) is 13.2 Å². The van der Waals surface area contributed by atoms with Crippen molar-refractivity contribution in [3.05, 3.63) is 24.3 Å². The Morgan fingerprint density at radius 2 is 1.90 bits per heavy atom. The number of rotatable bonds is 8. The molecule has 0 aliphatic heterocycles. The minimum absolute atomic E-state index is 0.124. The zero-order valence-corrected chi connectivity index (χ0v) is 13.1. The first-order chi connectivity index (χ1) is 9.90. The van der Waals surface area contributed by atoms with Crippen LogP contribution in [0.3, 0.4) is 0 Å². The van der Waals surface area contributed by atoms with Crippen LogP contribution >= 0.6 is 0 Å². The van der Waals surface area contributed by atoms with E-state index in [-0.39, 0.29) is 17.3 Å². The van der Waals surface area contributed by atoms with Gasteiger partial charge in [0.2, 0.25) is 10.0 Å². The molecule has 2 N–H and O–H groups in total. The highest BCUT2D eigenvalue weighted by atomic mass is 32.2. The van der Waals surface area contributed by atoms with Crippen molar-refractivity contribution in [3.8, 4) is 5.75 Å². The molecular formula is C13H20N2O5S. The van der Waals surface area contributed by atoms with E-state index in [1.165, 1.54) is 38.4 Å². The number of nitrogens with one attached hydrogen (secondary N) is 2. The lowest BCUT2D eigenvalue weighted by Gasteiger charge is -2.13. The molecule has 0 spiro atoms. The number of hydrogen-bond acceptors (Lipinski definition) is 5. The standard InChI is InChI=1S/C13H20N2O5S/c1-10(13(16)14-2)20-11-4-6-12(7-5-11)21(17,18)15-8-9-19-3/h4-7,10,15H,8-9H2,1-3H3,(H,14,16)/t10-/m0/s1. The highest BCUT2D eigenvalue weighted by molar-refractivity contribution is 7.89. The summed E-state index contributed by atoms with van der Waals surface area (Å²) in [6.45, 7) is 2.10. The molecule has 0 aromatic heterocycles. The molecule has 21 heavy (non-hydrogen) atoms. The number of amides is 1. The molecule has 0 saturated heterocycles. The largest absolute Gasteiger partial charge is 0.481 e. The summed E-state index contributed by atoms with van der Waals surface area (Å²) >= 11 is 0. The van der Waals surface area contributed by atoms with E-state index in [2.05, 4.69) is 10.0 Å². The number of hydrogen-bond donors (Lipinski definition) is 2. The monoisotopic (exact) mass is 316 g/mol. The maximum atomic E-state index is 11.9. The number of carbonyl (C=O) groups is 1. The van der Waals surface area contributed by atoms with Crippen LogP contribution in [0, 0.1) is 0 Å². The fourth-order valence-electron chi connectivity index (χ4n) is 1.52. The third-order valence-corrected chi connectivity index (χ3v) is 4.14. The summed E-state index contributed by atoms with van der Waals surface area (Å²) in [6.07, 6.45) is -0.655. The summed E-state index contributed by atoms with van der Waals surface area (Å²) in [5.74, 6) is 0.162. The highest BCUT2D eigenvalue weighted by Crippen LogP contribution is 2.17. The molecule has 0 bridgehead atoms. The first-order valence-corrected chi connectivity index (χ1v) is 7.86. The molecule has 0 saturated carbocycles. The van der Waals surface area contributed by atoms with Crippen LogP contribution in [0.2, 0.25) is 0 Å². The summed E-state index contributed by atoms with van der Waals surface area (Å²) in [7, 11) is -0.552. The number of benzene rings is 1. The van der Waals surface area contributed by atoms with E-state index >= 15 is 0 Å². The normalized spacial score (nSPS) is 12.7. The van der Waals surface area contributed by atoms with E-state index in [1.54, 1.807) is 6.92 Å². The molecule has 118 valence electrons. The summed E-state index contributed by atoms with van der Waals surface area (Å²) in [5.41, 5.74) is 0. The molecule has 8 heteroatoms. The molecule has 1 rings (SSSR count). The predicted octanol–water partition coefficient (Wildman–Crippen LogP) is 0.125. The molecule has 0 unspecified atom stereocenters. The number of methoxy groups -OCH3 is 1. The van der Waals surface area contributed by atoms with E-state index in [0.29, 0.717) is 12.4 Å². The molecule has 0 aliphatic carbocycles. The summed E-state index contributed by atoms with van der Waals surface area (Å²) in [4.78, 5) is 11.5. The van der Waals surface area contributed by atoms with Gasteiger partial charge in [0.25, 0.3) is 5.91 Å². The maximum Gasteiger partial charge on any atom is 0.260 e. The SMILES string of the molecule is CNC(=O)[C@H](C)Oc1ccc(S(=O)(=O)NCCOC)cc1. The molecule has 0 aliphatic rings. The average Bonchev–Trinajstić information content (AvgIpc) is 2.47. The molecule has 1 atom stereocenters. The Morgan fingerprint density at radius 3 is 2.43 bits per heavy atom. The molecule has 0 fully saturated rings. The lowest BCUT2D eigenvalue weighted by Crippen LogP contribution is -2.33. The second-order valence-electron chi connectivity index (χ2n) is 4.24. The van der Waals surface area contributed by atoms with Gasteiger partial charge in [-0.05, 0) is 31.2 Å². The van der Waals surface area contributed by atoms with E-state index in [0.717, 1.165) is 0 Å².